The van der Waals surface area contributed by atoms with Crippen molar-refractivity contribution < 1.29 is 4.42 Å². The lowest BCUT2D eigenvalue weighted by molar-refractivity contribution is 0.450. The van der Waals surface area contributed by atoms with E-state index in [1.807, 2.05) is 36.5 Å². The predicted octanol–water partition coefficient (Wildman–Crippen LogP) is 2.57. The zero-order chi connectivity index (χ0) is 11.2. The van der Waals surface area contributed by atoms with Gasteiger partial charge in [0.1, 0.15) is 5.76 Å². The number of pyridine rings is 1. The molecule has 0 saturated carbocycles. The average molecular weight is 216 g/mol. The highest BCUT2D eigenvalue weighted by Gasteiger charge is 2.13. The van der Waals surface area contributed by atoms with Crippen LogP contribution in [0.4, 0.5) is 0 Å². The van der Waals surface area contributed by atoms with Gasteiger partial charge in [-0.2, -0.15) is 0 Å². The smallest absolute Gasteiger partial charge is 0.105 e. The number of aromatic nitrogens is 1. The summed E-state index contributed by atoms with van der Waals surface area (Å²) in [6, 6.07) is 10.1. The maximum absolute atomic E-state index is 5.36. The van der Waals surface area contributed by atoms with Crippen LogP contribution in [0.2, 0.25) is 0 Å². The number of furan rings is 1. The number of hydrogen-bond donors (Lipinski definition) is 1. The largest absolute Gasteiger partial charge is 0.469 e. The molecule has 1 atom stereocenters. The standard InChI is InChI=1S/C13H16N2O/c1-2-14-13(10-11-6-5-9-16-11)12-7-3-4-8-15-12/h3-9,13-14H,2,10H2,1H3. The average Bonchev–Trinajstić information content (AvgIpc) is 2.83. The molecular weight excluding hydrogens is 200 g/mol. The molecule has 0 aliphatic rings. The topological polar surface area (TPSA) is 38.1 Å². The Labute approximate surface area is 95.5 Å². The first-order valence-corrected chi connectivity index (χ1v) is 5.57. The van der Waals surface area contributed by atoms with Crippen LogP contribution in [0.5, 0.6) is 0 Å². The third-order valence-corrected chi connectivity index (χ3v) is 2.48. The van der Waals surface area contributed by atoms with Crippen molar-refractivity contribution in [2.75, 3.05) is 6.54 Å². The van der Waals surface area contributed by atoms with E-state index < -0.39 is 0 Å². The molecule has 0 spiro atoms. The molecular formula is C13H16N2O. The van der Waals surface area contributed by atoms with Crippen LogP contribution in [0.1, 0.15) is 24.4 Å². The summed E-state index contributed by atoms with van der Waals surface area (Å²) in [4.78, 5) is 4.37. The van der Waals surface area contributed by atoms with E-state index in [-0.39, 0.29) is 6.04 Å². The molecule has 0 amide bonds. The Morgan fingerprint density at radius 3 is 2.88 bits per heavy atom. The minimum absolute atomic E-state index is 0.220. The molecule has 0 aliphatic carbocycles. The first-order chi connectivity index (χ1) is 7.90. The second-order valence-corrected chi connectivity index (χ2v) is 3.65. The lowest BCUT2D eigenvalue weighted by atomic mass is 10.1. The van der Waals surface area contributed by atoms with Crippen molar-refractivity contribution >= 4 is 0 Å². The lowest BCUT2D eigenvalue weighted by Gasteiger charge is -2.15. The second kappa shape index (κ2) is 5.47. The molecule has 0 aliphatic heterocycles. The van der Waals surface area contributed by atoms with Crippen molar-refractivity contribution in [3.05, 3.63) is 54.2 Å². The normalized spacial score (nSPS) is 12.6. The van der Waals surface area contributed by atoms with Crippen LogP contribution in [0.15, 0.2) is 47.2 Å². The zero-order valence-electron chi connectivity index (χ0n) is 9.39. The van der Waals surface area contributed by atoms with Gasteiger partial charge in [0, 0.05) is 12.6 Å². The van der Waals surface area contributed by atoms with Gasteiger partial charge < -0.3 is 9.73 Å². The van der Waals surface area contributed by atoms with Crippen LogP contribution < -0.4 is 5.32 Å². The van der Waals surface area contributed by atoms with E-state index in [4.69, 9.17) is 4.42 Å². The highest BCUT2D eigenvalue weighted by Crippen LogP contribution is 2.16. The summed E-state index contributed by atoms with van der Waals surface area (Å²) in [5.41, 5.74) is 1.06. The Kier molecular flexibility index (Phi) is 3.72. The third kappa shape index (κ3) is 2.70. The predicted molar refractivity (Wildman–Crippen MR) is 63.1 cm³/mol. The fourth-order valence-corrected chi connectivity index (χ4v) is 1.74. The summed E-state index contributed by atoms with van der Waals surface area (Å²) in [6.07, 6.45) is 4.36. The van der Waals surface area contributed by atoms with Crippen molar-refractivity contribution in [2.24, 2.45) is 0 Å². The highest BCUT2D eigenvalue weighted by molar-refractivity contribution is 5.12. The maximum Gasteiger partial charge on any atom is 0.105 e. The molecule has 0 bridgehead atoms. The Hall–Kier alpha value is -1.61. The molecule has 1 N–H and O–H groups in total. The van der Waals surface area contributed by atoms with E-state index in [0.717, 1.165) is 24.4 Å². The van der Waals surface area contributed by atoms with Gasteiger partial charge in [0.2, 0.25) is 0 Å². The van der Waals surface area contributed by atoms with Gasteiger partial charge in [-0.3, -0.25) is 4.98 Å². The molecule has 2 heterocycles. The van der Waals surface area contributed by atoms with E-state index in [9.17, 15) is 0 Å². The van der Waals surface area contributed by atoms with Crippen LogP contribution >= 0.6 is 0 Å². The summed E-state index contributed by atoms with van der Waals surface area (Å²) < 4.78 is 5.36. The lowest BCUT2D eigenvalue weighted by Crippen LogP contribution is -2.23. The first kappa shape index (κ1) is 10.9. The van der Waals surface area contributed by atoms with E-state index in [2.05, 4.69) is 17.2 Å². The molecule has 0 radical (unpaired) electrons. The molecule has 0 saturated heterocycles. The first-order valence-electron chi connectivity index (χ1n) is 5.57. The van der Waals surface area contributed by atoms with Gasteiger partial charge in [-0.15, -0.1) is 0 Å². The second-order valence-electron chi connectivity index (χ2n) is 3.65. The van der Waals surface area contributed by atoms with Crippen molar-refractivity contribution in [1.82, 2.24) is 10.3 Å². The van der Waals surface area contributed by atoms with Crippen LogP contribution in [-0.2, 0) is 6.42 Å². The minimum atomic E-state index is 0.220. The van der Waals surface area contributed by atoms with Crippen LogP contribution in [-0.4, -0.2) is 11.5 Å². The summed E-state index contributed by atoms with van der Waals surface area (Å²) >= 11 is 0. The van der Waals surface area contributed by atoms with E-state index in [1.165, 1.54) is 0 Å². The minimum Gasteiger partial charge on any atom is -0.469 e. The zero-order valence-corrected chi connectivity index (χ0v) is 9.39. The van der Waals surface area contributed by atoms with Gasteiger partial charge >= 0.3 is 0 Å². The molecule has 1 unspecified atom stereocenters. The summed E-state index contributed by atoms with van der Waals surface area (Å²) in [6.45, 7) is 3.01. The molecule has 3 heteroatoms. The summed E-state index contributed by atoms with van der Waals surface area (Å²) in [5, 5.41) is 3.41. The molecule has 16 heavy (non-hydrogen) atoms. The van der Waals surface area contributed by atoms with Gasteiger partial charge in [-0.25, -0.2) is 0 Å². The molecule has 2 rings (SSSR count). The number of nitrogens with zero attached hydrogens (tertiary/aromatic N) is 1. The van der Waals surface area contributed by atoms with Crippen molar-refractivity contribution in [2.45, 2.75) is 19.4 Å². The van der Waals surface area contributed by atoms with E-state index in [0.29, 0.717) is 0 Å². The maximum atomic E-state index is 5.36. The van der Waals surface area contributed by atoms with Crippen molar-refractivity contribution in [3.8, 4) is 0 Å². The number of likely N-dealkylation sites (N-methyl/N-ethyl adjacent to an activating group) is 1. The summed E-state index contributed by atoms with van der Waals surface area (Å²) in [5.74, 6) is 0.983. The number of rotatable bonds is 5. The number of hydrogen-bond acceptors (Lipinski definition) is 3. The van der Waals surface area contributed by atoms with Crippen molar-refractivity contribution in [1.29, 1.82) is 0 Å². The van der Waals surface area contributed by atoms with Gasteiger partial charge in [-0.1, -0.05) is 13.0 Å². The van der Waals surface area contributed by atoms with E-state index >= 15 is 0 Å². The van der Waals surface area contributed by atoms with Crippen LogP contribution in [0.3, 0.4) is 0 Å². The number of nitrogens with one attached hydrogen (secondary N) is 1. The van der Waals surface area contributed by atoms with Gasteiger partial charge in [0.25, 0.3) is 0 Å². The summed E-state index contributed by atoms with van der Waals surface area (Å²) in [7, 11) is 0. The van der Waals surface area contributed by atoms with Gasteiger partial charge in [-0.05, 0) is 30.8 Å². The van der Waals surface area contributed by atoms with Gasteiger partial charge in [0.05, 0.1) is 18.0 Å². The highest BCUT2D eigenvalue weighted by atomic mass is 16.3. The monoisotopic (exact) mass is 216 g/mol. The Bertz CT molecular complexity index is 397. The Morgan fingerprint density at radius 1 is 1.31 bits per heavy atom. The molecule has 0 aromatic carbocycles. The molecule has 0 fully saturated rings. The molecule has 2 aromatic rings. The van der Waals surface area contributed by atoms with Crippen molar-refractivity contribution in [3.63, 3.8) is 0 Å². The van der Waals surface area contributed by atoms with Crippen LogP contribution in [0.25, 0.3) is 0 Å². The Morgan fingerprint density at radius 2 is 2.25 bits per heavy atom. The molecule has 2 aromatic heterocycles. The third-order valence-electron chi connectivity index (χ3n) is 2.48. The fraction of sp³-hybridized carbons (Fsp3) is 0.308. The molecule has 84 valence electrons. The van der Waals surface area contributed by atoms with Crippen LogP contribution in [0, 0.1) is 0 Å². The van der Waals surface area contributed by atoms with E-state index in [1.54, 1.807) is 6.26 Å². The Balaban J connectivity index is 2.11. The SMILES string of the molecule is CCNC(Cc1ccco1)c1ccccn1. The molecule has 3 nitrogen and oxygen atoms in total. The fourth-order valence-electron chi connectivity index (χ4n) is 1.74. The quantitative estimate of drug-likeness (QED) is 0.834. The van der Waals surface area contributed by atoms with Gasteiger partial charge in [0.15, 0.2) is 0 Å².